The average Bonchev–Trinajstić information content (AvgIpc) is 3.78. The SMILES string of the molecule is CC(=O)OCC1c2ccccc2-c2ccccc21.CC(=O)OCCNC(=O)OCC1c2ccccc2-c2ccccc21.CC(=O)OCCNC(=O)OCCS(=O)(=O)c1ccccc1. The molecule has 0 saturated heterocycles. The molecule has 0 atom stereocenters. The molecule has 330 valence electrons. The van der Waals surface area contributed by atoms with Crippen LogP contribution in [-0.2, 0) is 47.9 Å². The summed E-state index contributed by atoms with van der Waals surface area (Å²) in [6.45, 7) is 4.98. The normalized spacial score (nSPS) is 11.9. The largest absolute Gasteiger partial charge is 0.465 e. The van der Waals surface area contributed by atoms with Crippen molar-refractivity contribution < 1.29 is 56.1 Å². The Morgan fingerprint density at radius 2 is 0.794 bits per heavy atom. The third kappa shape index (κ3) is 13.8. The standard InChI is InChI=1S/C19H19NO4.C16H14O2.C13H17NO6S/c1-13(21)23-11-10-20-19(22)24-12-18-16-8-4-2-6-14(16)15-7-3-5-9-17(15)18;1-11(17)18-10-16-14-8-4-2-6-12(14)13-7-3-5-9-15(13)16;1-11(15)19-8-7-14-13(16)20-9-10-21(17,18)12-5-3-2-4-6-12/h2-9,18H,10-12H2,1H3,(H,20,22);2-9,16H,10H2,1H3;2-6H,7-10H2,1H3,(H,14,16). The Morgan fingerprint density at radius 1 is 0.444 bits per heavy atom. The lowest BCUT2D eigenvalue weighted by molar-refractivity contribution is -0.142. The lowest BCUT2D eigenvalue weighted by atomic mass is 9.98. The van der Waals surface area contributed by atoms with Crippen molar-refractivity contribution in [3.8, 4) is 22.3 Å². The van der Waals surface area contributed by atoms with E-state index in [0.717, 1.165) is 0 Å². The summed E-state index contributed by atoms with van der Waals surface area (Å²) in [5.41, 5.74) is 9.74. The van der Waals surface area contributed by atoms with Crippen LogP contribution in [0.1, 0.15) is 54.9 Å². The number of rotatable bonds is 14. The number of ether oxygens (including phenoxy) is 5. The molecule has 0 heterocycles. The molecule has 0 radical (unpaired) electrons. The molecule has 0 aliphatic heterocycles. The van der Waals surface area contributed by atoms with Gasteiger partial charge in [0, 0.05) is 32.6 Å². The van der Waals surface area contributed by atoms with Gasteiger partial charge in [-0.2, -0.15) is 0 Å². The maximum absolute atomic E-state index is 11.9. The Balaban J connectivity index is 0.000000180. The van der Waals surface area contributed by atoms with Crippen molar-refractivity contribution in [2.75, 3.05) is 51.9 Å². The molecule has 2 amide bonds. The fourth-order valence-corrected chi connectivity index (χ4v) is 8.14. The smallest absolute Gasteiger partial charge is 0.407 e. The zero-order valence-electron chi connectivity index (χ0n) is 35.2. The van der Waals surface area contributed by atoms with Crippen LogP contribution in [0.4, 0.5) is 9.59 Å². The third-order valence-electron chi connectivity index (χ3n) is 9.80. The number of hydrogen-bond acceptors (Lipinski definition) is 12. The van der Waals surface area contributed by atoms with Gasteiger partial charge in [0.15, 0.2) is 9.84 Å². The molecule has 0 saturated carbocycles. The second-order valence-electron chi connectivity index (χ2n) is 14.2. The topological polar surface area (TPSA) is 190 Å². The van der Waals surface area contributed by atoms with Gasteiger partial charge in [-0.3, -0.25) is 14.4 Å². The van der Waals surface area contributed by atoms with E-state index in [2.05, 4.69) is 63.9 Å². The van der Waals surface area contributed by atoms with Gasteiger partial charge in [0.1, 0.15) is 33.0 Å². The Bertz CT molecular complexity index is 2380. The monoisotopic (exact) mass is 878 g/mol. The highest BCUT2D eigenvalue weighted by Gasteiger charge is 2.30. The van der Waals surface area contributed by atoms with E-state index < -0.39 is 28.0 Å². The van der Waals surface area contributed by atoms with Gasteiger partial charge < -0.3 is 34.3 Å². The van der Waals surface area contributed by atoms with E-state index in [1.54, 1.807) is 18.2 Å². The molecule has 0 bridgehead atoms. The van der Waals surface area contributed by atoms with Crippen LogP contribution >= 0.6 is 0 Å². The fourth-order valence-electron chi connectivity index (χ4n) is 7.03. The molecule has 2 aliphatic rings. The number of esters is 3. The van der Waals surface area contributed by atoms with E-state index in [0.29, 0.717) is 6.61 Å². The van der Waals surface area contributed by atoms with Crippen LogP contribution in [0.2, 0.25) is 0 Å². The fraction of sp³-hybridized carbons (Fsp3) is 0.271. The van der Waals surface area contributed by atoms with Crippen LogP contribution in [0.15, 0.2) is 132 Å². The number of amides is 2. The first-order valence-corrected chi connectivity index (χ1v) is 21.9. The highest BCUT2D eigenvalue weighted by atomic mass is 32.2. The van der Waals surface area contributed by atoms with Crippen molar-refractivity contribution in [2.24, 2.45) is 0 Å². The Hall–Kier alpha value is -7.00. The molecule has 5 aromatic rings. The van der Waals surface area contributed by atoms with Crippen molar-refractivity contribution >= 4 is 39.9 Å². The third-order valence-corrected chi connectivity index (χ3v) is 11.5. The second-order valence-corrected chi connectivity index (χ2v) is 16.3. The first-order chi connectivity index (χ1) is 30.4. The number of sulfone groups is 1. The summed E-state index contributed by atoms with van der Waals surface area (Å²) < 4.78 is 48.4. The minimum absolute atomic E-state index is 0.0345. The summed E-state index contributed by atoms with van der Waals surface area (Å²) in [5, 5.41) is 4.90. The van der Waals surface area contributed by atoms with Crippen LogP contribution in [-0.4, -0.2) is 90.4 Å². The molecule has 0 unspecified atom stereocenters. The highest BCUT2D eigenvalue weighted by Crippen LogP contribution is 2.45. The number of hydrogen-bond donors (Lipinski definition) is 2. The van der Waals surface area contributed by atoms with Crippen LogP contribution in [0.3, 0.4) is 0 Å². The van der Waals surface area contributed by atoms with Gasteiger partial charge in [-0.1, -0.05) is 115 Å². The highest BCUT2D eigenvalue weighted by molar-refractivity contribution is 7.91. The molecule has 15 heteroatoms. The summed E-state index contributed by atoms with van der Waals surface area (Å²) in [7, 11) is -3.47. The van der Waals surface area contributed by atoms with Crippen molar-refractivity contribution in [3.63, 3.8) is 0 Å². The Morgan fingerprint density at radius 3 is 1.19 bits per heavy atom. The maximum atomic E-state index is 11.9. The van der Waals surface area contributed by atoms with Gasteiger partial charge in [-0.05, 0) is 56.6 Å². The molecule has 2 aliphatic carbocycles. The van der Waals surface area contributed by atoms with E-state index in [-0.39, 0.29) is 73.9 Å². The van der Waals surface area contributed by atoms with Crippen molar-refractivity contribution in [2.45, 2.75) is 37.5 Å². The summed E-state index contributed by atoms with van der Waals surface area (Å²) in [5.74, 6) is -1.13. The summed E-state index contributed by atoms with van der Waals surface area (Å²) in [6, 6.07) is 40.9. The first kappa shape index (κ1) is 47.1. The van der Waals surface area contributed by atoms with Crippen molar-refractivity contribution in [1.29, 1.82) is 0 Å². The molecule has 7 rings (SSSR count). The number of alkyl carbamates (subject to hydrolysis) is 2. The number of nitrogens with one attached hydrogen (secondary N) is 2. The molecule has 14 nitrogen and oxygen atoms in total. The van der Waals surface area contributed by atoms with Gasteiger partial charge >= 0.3 is 30.1 Å². The minimum Gasteiger partial charge on any atom is -0.465 e. The zero-order chi connectivity index (χ0) is 45.2. The van der Waals surface area contributed by atoms with Crippen LogP contribution < -0.4 is 10.6 Å². The minimum atomic E-state index is -3.47. The van der Waals surface area contributed by atoms with Gasteiger partial charge in [-0.15, -0.1) is 0 Å². The van der Waals surface area contributed by atoms with Crippen LogP contribution in [0, 0.1) is 0 Å². The van der Waals surface area contributed by atoms with Gasteiger partial charge in [0.25, 0.3) is 0 Å². The second kappa shape index (κ2) is 23.3. The Kier molecular flexibility index (Phi) is 17.4. The lowest BCUT2D eigenvalue weighted by Gasteiger charge is -2.14. The van der Waals surface area contributed by atoms with Crippen LogP contribution in [0.5, 0.6) is 0 Å². The summed E-state index contributed by atoms with van der Waals surface area (Å²) in [4.78, 5) is 55.4. The lowest BCUT2D eigenvalue weighted by Crippen LogP contribution is -2.29. The number of carbonyl (C=O) groups is 5. The molecule has 0 aromatic heterocycles. The number of carbonyl (C=O) groups excluding carboxylic acids is 5. The maximum Gasteiger partial charge on any atom is 0.407 e. The van der Waals surface area contributed by atoms with E-state index >= 15 is 0 Å². The molecule has 63 heavy (non-hydrogen) atoms. The van der Waals surface area contributed by atoms with Gasteiger partial charge in [0.2, 0.25) is 0 Å². The first-order valence-electron chi connectivity index (χ1n) is 20.2. The van der Waals surface area contributed by atoms with Crippen LogP contribution in [0.25, 0.3) is 22.3 Å². The predicted octanol–water partition coefficient (Wildman–Crippen LogP) is 7.20. The molecule has 5 aromatic carbocycles. The van der Waals surface area contributed by atoms with Gasteiger partial charge in [-0.25, -0.2) is 18.0 Å². The van der Waals surface area contributed by atoms with E-state index in [9.17, 15) is 32.4 Å². The number of fused-ring (bicyclic) bond motifs is 6. The quantitative estimate of drug-likeness (QED) is 0.0650. The molecular weight excluding hydrogens is 829 g/mol. The molecule has 0 spiro atoms. The number of benzene rings is 5. The summed E-state index contributed by atoms with van der Waals surface area (Å²) >= 11 is 0. The molecule has 2 N–H and O–H groups in total. The van der Waals surface area contributed by atoms with E-state index in [1.807, 2.05) is 48.5 Å². The molecular formula is C48H50N2O12S. The van der Waals surface area contributed by atoms with Gasteiger partial charge in [0.05, 0.1) is 23.7 Å². The van der Waals surface area contributed by atoms with E-state index in [4.69, 9.17) is 18.9 Å². The van der Waals surface area contributed by atoms with E-state index in [1.165, 1.54) is 77.4 Å². The zero-order valence-corrected chi connectivity index (χ0v) is 36.1. The average molecular weight is 879 g/mol. The Labute approximate surface area is 366 Å². The van der Waals surface area contributed by atoms with Crippen molar-refractivity contribution in [1.82, 2.24) is 10.6 Å². The predicted molar refractivity (Wildman–Crippen MR) is 235 cm³/mol. The van der Waals surface area contributed by atoms with Crippen molar-refractivity contribution in [3.05, 3.63) is 150 Å². The molecule has 0 fully saturated rings. The summed E-state index contributed by atoms with van der Waals surface area (Å²) in [6.07, 6.45) is -1.27.